The van der Waals surface area contributed by atoms with Crippen molar-refractivity contribution in [2.45, 2.75) is 16.6 Å². The van der Waals surface area contributed by atoms with Crippen LogP contribution in [0, 0.1) is 11.6 Å². The van der Waals surface area contributed by atoms with Gasteiger partial charge in [-0.3, -0.25) is 0 Å². The standard InChI is InChI=1S/C15H15F2NO3S2/c16-11-3-4-15(12(17)10-11)23(19,20)18-6-5-14(22-9-7-18)13-2-1-8-21-13/h1-4,8,10,14H,5-7,9H2. The van der Waals surface area contributed by atoms with E-state index in [9.17, 15) is 17.2 Å². The summed E-state index contributed by atoms with van der Waals surface area (Å²) in [6, 6.07) is 6.17. The number of hydrogen-bond acceptors (Lipinski definition) is 4. The molecule has 1 saturated heterocycles. The molecule has 0 N–H and O–H groups in total. The summed E-state index contributed by atoms with van der Waals surface area (Å²) in [5.41, 5.74) is 0. The summed E-state index contributed by atoms with van der Waals surface area (Å²) in [5, 5.41) is 0.0725. The van der Waals surface area contributed by atoms with E-state index in [0.717, 1.165) is 17.9 Å². The molecule has 1 aliphatic rings. The van der Waals surface area contributed by atoms with Gasteiger partial charge < -0.3 is 4.42 Å². The fourth-order valence-corrected chi connectivity index (χ4v) is 5.31. The highest BCUT2D eigenvalue weighted by Crippen LogP contribution is 2.35. The van der Waals surface area contributed by atoms with E-state index in [1.54, 1.807) is 24.1 Å². The molecule has 2 aromatic rings. The van der Waals surface area contributed by atoms with Gasteiger partial charge >= 0.3 is 0 Å². The van der Waals surface area contributed by atoms with Crippen molar-refractivity contribution in [2.24, 2.45) is 0 Å². The molecule has 0 amide bonds. The Hall–Kier alpha value is -1.38. The summed E-state index contributed by atoms with van der Waals surface area (Å²) in [6.45, 7) is 0.540. The molecule has 1 fully saturated rings. The second-order valence-electron chi connectivity index (χ2n) is 5.14. The summed E-state index contributed by atoms with van der Waals surface area (Å²) in [5.74, 6) is -0.481. The highest BCUT2D eigenvalue weighted by atomic mass is 32.2. The fraction of sp³-hybridized carbons (Fsp3) is 0.333. The normalized spacial score (nSPS) is 20.3. The van der Waals surface area contributed by atoms with Gasteiger partial charge in [-0.2, -0.15) is 4.31 Å². The molecular weight excluding hydrogens is 344 g/mol. The Balaban J connectivity index is 1.81. The zero-order valence-electron chi connectivity index (χ0n) is 12.1. The third kappa shape index (κ3) is 3.44. The predicted molar refractivity (Wildman–Crippen MR) is 83.6 cm³/mol. The molecule has 0 bridgehead atoms. The number of nitrogens with zero attached hydrogens (tertiary/aromatic N) is 1. The van der Waals surface area contributed by atoms with Crippen molar-refractivity contribution < 1.29 is 21.6 Å². The number of halogens is 2. The smallest absolute Gasteiger partial charge is 0.246 e. The number of furan rings is 1. The van der Waals surface area contributed by atoms with Crippen LogP contribution in [0.15, 0.2) is 45.9 Å². The molecule has 4 nitrogen and oxygen atoms in total. The molecule has 1 aromatic carbocycles. The van der Waals surface area contributed by atoms with E-state index in [-0.39, 0.29) is 18.3 Å². The number of thioether (sulfide) groups is 1. The van der Waals surface area contributed by atoms with Crippen molar-refractivity contribution in [3.8, 4) is 0 Å². The average molecular weight is 359 g/mol. The van der Waals surface area contributed by atoms with Crippen LogP contribution >= 0.6 is 11.8 Å². The average Bonchev–Trinajstić information content (AvgIpc) is 2.91. The highest BCUT2D eigenvalue weighted by molar-refractivity contribution is 7.99. The van der Waals surface area contributed by atoms with E-state index < -0.39 is 26.6 Å². The van der Waals surface area contributed by atoms with Crippen LogP contribution in [0.25, 0.3) is 0 Å². The summed E-state index contributed by atoms with van der Waals surface area (Å²) >= 11 is 1.61. The van der Waals surface area contributed by atoms with Crippen LogP contribution in [0.5, 0.6) is 0 Å². The van der Waals surface area contributed by atoms with E-state index in [1.807, 2.05) is 6.07 Å². The molecule has 1 aromatic heterocycles. The quantitative estimate of drug-likeness (QED) is 0.843. The zero-order chi connectivity index (χ0) is 16.4. The first kappa shape index (κ1) is 16.5. The maximum Gasteiger partial charge on any atom is 0.246 e. The van der Waals surface area contributed by atoms with E-state index in [4.69, 9.17) is 4.42 Å². The van der Waals surface area contributed by atoms with Gasteiger partial charge in [0.25, 0.3) is 0 Å². The number of sulfonamides is 1. The van der Waals surface area contributed by atoms with Gasteiger partial charge in [0.15, 0.2) is 0 Å². The van der Waals surface area contributed by atoms with Gasteiger partial charge in [-0.05, 0) is 30.7 Å². The first-order chi connectivity index (χ1) is 11.0. The van der Waals surface area contributed by atoms with Crippen LogP contribution in [-0.2, 0) is 10.0 Å². The maximum absolute atomic E-state index is 13.8. The molecular formula is C15H15F2NO3S2. The van der Waals surface area contributed by atoms with Crippen LogP contribution in [0.3, 0.4) is 0 Å². The predicted octanol–water partition coefficient (Wildman–Crippen LogP) is 3.43. The second-order valence-corrected chi connectivity index (χ2v) is 8.36. The van der Waals surface area contributed by atoms with Crippen LogP contribution in [-0.4, -0.2) is 31.6 Å². The first-order valence-electron chi connectivity index (χ1n) is 7.08. The lowest BCUT2D eigenvalue weighted by Crippen LogP contribution is -2.33. The van der Waals surface area contributed by atoms with Gasteiger partial charge in [0.2, 0.25) is 10.0 Å². The van der Waals surface area contributed by atoms with Crippen LogP contribution in [0.1, 0.15) is 17.4 Å². The van der Waals surface area contributed by atoms with E-state index in [2.05, 4.69) is 0 Å². The lowest BCUT2D eigenvalue weighted by molar-refractivity contribution is 0.413. The van der Waals surface area contributed by atoms with Crippen molar-refractivity contribution in [3.63, 3.8) is 0 Å². The minimum atomic E-state index is -3.98. The van der Waals surface area contributed by atoms with Crippen LogP contribution < -0.4 is 0 Å². The van der Waals surface area contributed by atoms with Gasteiger partial charge in [-0.1, -0.05) is 0 Å². The van der Waals surface area contributed by atoms with Gasteiger partial charge in [0, 0.05) is 24.9 Å². The molecule has 8 heteroatoms. The van der Waals surface area contributed by atoms with Crippen LogP contribution in [0.4, 0.5) is 8.78 Å². The molecule has 124 valence electrons. The number of hydrogen-bond donors (Lipinski definition) is 0. The minimum absolute atomic E-state index is 0.0725. The minimum Gasteiger partial charge on any atom is -0.468 e. The number of rotatable bonds is 3. The van der Waals surface area contributed by atoms with Crippen molar-refractivity contribution in [1.82, 2.24) is 4.31 Å². The summed E-state index contributed by atoms with van der Waals surface area (Å²) in [7, 11) is -3.98. The van der Waals surface area contributed by atoms with E-state index in [1.165, 1.54) is 4.31 Å². The van der Waals surface area contributed by atoms with E-state index in [0.29, 0.717) is 18.2 Å². The maximum atomic E-state index is 13.8. The Bertz CT molecular complexity index is 778. The molecule has 1 unspecified atom stereocenters. The fourth-order valence-electron chi connectivity index (χ4n) is 2.52. The summed E-state index contributed by atoms with van der Waals surface area (Å²) in [6.07, 6.45) is 2.16. The van der Waals surface area contributed by atoms with Crippen LogP contribution in [0.2, 0.25) is 0 Å². The molecule has 1 aliphatic heterocycles. The van der Waals surface area contributed by atoms with Gasteiger partial charge in [0.1, 0.15) is 22.3 Å². The number of benzene rings is 1. The highest BCUT2D eigenvalue weighted by Gasteiger charge is 2.31. The molecule has 0 spiro atoms. The molecule has 0 aliphatic carbocycles. The van der Waals surface area contributed by atoms with Crippen molar-refractivity contribution in [3.05, 3.63) is 54.0 Å². The third-order valence-corrected chi connectivity index (χ3v) is 6.89. The Kier molecular flexibility index (Phi) is 4.74. The first-order valence-corrected chi connectivity index (χ1v) is 9.57. The SMILES string of the molecule is O=S(=O)(c1ccc(F)cc1F)N1CCSC(c2ccco2)CC1. The van der Waals surface area contributed by atoms with Gasteiger partial charge in [-0.25, -0.2) is 17.2 Å². The molecule has 3 rings (SSSR count). The summed E-state index contributed by atoms with van der Waals surface area (Å²) < 4.78 is 58.6. The molecule has 23 heavy (non-hydrogen) atoms. The third-order valence-electron chi connectivity index (χ3n) is 3.67. The molecule has 1 atom stereocenters. The van der Waals surface area contributed by atoms with Crippen molar-refractivity contribution in [2.75, 3.05) is 18.8 Å². The molecule has 0 radical (unpaired) electrons. The Morgan fingerprint density at radius 3 is 2.74 bits per heavy atom. The van der Waals surface area contributed by atoms with Crippen molar-refractivity contribution in [1.29, 1.82) is 0 Å². The molecule has 2 heterocycles. The van der Waals surface area contributed by atoms with Crippen molar-refractivity contribution >= 4 is 21.8 Å². The van der Waals surface area contributed by atoms with Gasteiger partial charge in [0.05, 0.1) is 11.5 Å². The summed E-state index contributed by atoms with van der Waals surface area (Å²) in [4.78, 5) is -0.486. The topological polar surface area (TPSA) is 50.5 Å². The zero-order valence-corrected chi connectivity index (χ0v) is 13.7. The monoisotopic (exact) mass is 359 g/mol. The largest absolute Gasteiger partial charge is 0.468 e. The lowest BCUT2D eigenvalue weighted by atomic mass is 10.2. The Labute approximate surface area is 137 Å². The Morgan fingerprint density at radius 1 is 1.22 bits per heavy atom. The molecule has 0 saturated carbocycles. The lowest BCUT2D eigenvalue weighted by Gasteiger charge is -2.20. The van der Waals surface area contributed by atoms with E-state index >= 15 is 0 Å². The second kappa shape index (κ2) is 6.62. The van der Waals surface area contributed by atoms with Gasteiger partial charge in [-0.15, -0.1) is 11.8 Å². The Morgan fingerprint density at radius 2 is 2.04 bits per heavy atom.